The van der Waals surface area contributed by atoms with Crippen molar-refractivity contribution in [2.45, 2.75) is 44.1 Å². The first-order valence-corrected chi connectivity index (χ1v) is 13.6. The summed E-state index contributed by atoms with van der Waals surface area (Å²) in [4.78, 5) is 23.7. The van der Waals surface area contributed by atoms with Crippen LogP contribution in [0.25, 0.3) is 11.3 Å². The summed E-state index contributed by atoms with van der Waals surface area (Å²) in [5, 5.41) is 0.420. The molecule has 1 saturated heterocycles. The molecule has 2 aromatic carbocycles. The van der Waals surface area contributed by atoms with Crippen LogP contribution in [0.1, 0.15) is 35.7 Å². The number of aromatic nitrogens is 1. The molecule has 8 nitrogen and oxygen atoms in total. The maximum atomic E-state index is 14.4. The van der Waals surface area contributed by atoms with Crippen LogP contribution in [0.5, 0.6) is 0 Å². The molecular weight excluding hydrogens is 578 g/mol. The van der Waals surface area contributed by atoms with Crippen LogP contribution in [0.4, 0.5) is 37.8 Å². The molecule has 1 fully saturated rings. The van der Waals surface area contributed by atoms with Gasteiger partial charge in [-0.2, -0.15) is 31.4 Å². The molecule has 0 spiro atoms. The first-order chi connectivity index (χ1) is 20.3. The molecule has 14 heteroatoms. The van der Waals surface area contributed by atoms with E-state index in [4.69, 9.17) is 11.5 Å². The third-order valence-electron chi connectivity index (χ3n) is 7.87. The lowest BCUT2D eigenvalue weighted by Gasteiger charge is -2.42. The Morgan fingerprint density at radius 3 is 2.26 bits per heavy atom. The predicted octanol–water partition coefficient (Wildman–Crippen LogP) is 5.20. The van der Waals surface area contributed by atoms with Gasteiger partial charge in [-0.05, 0) is 56.0 Å². The van der Waals surface area contributed by atoms with E-state index in [1.807, 2.05) is 35.2 Å². The van der Waals surface area contributed by atoms with Crippen molar-refractivity contribution in [3.05, 3.63) is 77.4 Å². The molecule has 230 valence electrons. The van der Waals surface area contributed by atoms with Gasteiger partial charge in [0.2, 0.25) is 0 Å². The molecular formula is C29H30F6N6O2. The van der Waals surface area contributed by atoms with E-state index in [2.05, 4.69) is 9.82 Å². The molecule has 43 heavy (non-hydrogen) atoms. The van der Waals surface area contributed by atoms with Crippen LogP contribution < -0.4 is 21.4 Å². The number of alkyl halides is 6. The van der Waals surface area contributed by atoms with E-state index in [0.29, 0.717) is 24.1 Å². The molecule has 0 saturated carbocycles. The number of piperidine rings is 1. The Bertz CT molecular complexity index is 1460. The lowest BCUT2D eigenvalue weighted by molar-refractivity contribution is -0.204. The van der Waals surface area contributed by atoms with E-state index < -0.39 is 42.2 Å². The largest absolute Gasteiger partial charge is 0.493 e. The Hall–Kier alpha value is -3.88. The van der Waals surface area contributed by atoms with Crippen LogP contribution in [0.15, 0.2) is 60.7 Å². The fourth-order valence-electron chi connectivity index (χ4n) is 5.55. The maximum absolute atomic E-state index is 14.4. The van der Waals surface area contributed by atoms with Crippen molar-refractivity contribution in [2.24, 2.45) is 17.4 Å². The number of pyridine rings is 1. The van der Waals surface area contributed by atoms with Gasteiger partial charge >= 0.3 is 18.3 Å². The van der Waals surface area contributed by atoms with Gasteiger partial charge in [0.1, 0.15) is 0 Å². The van der Waals surface area contributed by atoms with Gasteiger partial charge in [0.15, 0.2) is 12.1 Å². The molecule has 3 heterocycles. The highest BCUT2D eigenvalue weighted by Crippen LogP contribution is 2.44. The fourth-order valence-corrected chi connectivity index (χ4v) is 5.55. The number of nitrogens with two attached hydrogens (primary N) is 2. The van der Waals surface area contributed by atoms with E-state index in [0.717, 1.165) is 25.3 Å². The molecule has 2 aliphatic rings. The van der Waals surface area contributed by atoms with Crippen LogP contribution in [0.2, 0.25) is 0 Å². The summed E-state index contributed by atoms with van der Waals surface area (Å²) in [5.41, 5.74) is 12.4. The van der Waals surface area contributed by atoms with Crippen LogP contribution in [0, 0.1) is 5.92 Å². The number of anilines is 2. The number of nitrogens with zero attached hydrogens (tertiary/aromatic N) is 4. The van der Waals surface area contributed by atoms with Crippen molar-refractivity contribution >= 4 is 17.5 Å². The number of halogens is 6. The van der Waals surface area contributed by atoms with E-state index >= 15 is 0 Å². The number of hydrogen-bond donors (Lipinski definition) is 2. The van der Waals surface area contributed by atoms with Crippen LogP contribution in [-0.4, -0.2) is 48.5 Å². The van der Waals surface area contributed by atoms with Gasteiger partial charge in [0.25, 0.3) is 0 Å². The Labute approximate surface area is 243 Å². The average Bonchev–Trinajstić information content (AvgIpc) is 2.97. The van der Waals surface area contributed by atoms with Gasteiger partial charge in [0.05, 0.1) is 17.4 Å². The summed E-state index contributed by atoms with van der Waals surface area (Å²) in [6.45, 7) is 0.985. The zero-order valence-corrected chi connectivity index (χ0v) is 23.1. The second-order valence-corrected chi connectivity index (χ2v) is 10.7. The first kappa shape index (κ1) is 30.6. The Kier molecular flexibility index (Phi) is 8.29. The average molecular weight is 609 g/mol. The molecule has 4 N–H and O–H groups in total. The number of fused-ring (bicyclic) bond motifs is 1. The van der Waals surface area contributed by atoms with Crippen LogP contribution in [0.3, 0.4) is 0 Å². The number of carbonyl (C=O) groups excluding carboxylic acids is 1. The van der Waals surface area contributed by atoms with Crippen molar-refractivity contribution in [3.8, 4) is 11.3 Å². The Morgan fingerprint density at radius 2 is 1.63 bits per heavy atom. The molecule has 1 aromatic heterocycles. The standard InChI is InChI=1S/C29H30F6N6O2/c1-39-24(36)19-10-11-21(38-25(19)41(27(39)37)43-26(42)29(33,34)35)23-20(28(30,31)32)8-5-9-22(23)40-14-12-18(13-15-40)16-17-6-3-2-4-7-17/h2-11,18,24,27H,12-16,36-37H2,1H3. The van der Waals surface area contributed by atoms with Gasteiger partial charge in [-0.15, -0.1) is 0 Å². The number of rotatable bonds is 5. The van der Waals surface area contributed by atoms with E-state index in [1.165, 1.54) is 35.7 Å². The smallest absolute Gasteiger partial charge is 0.371 e. The lowest BCUT2D eigenvalue weighted by Crippen LogP contribution is -2.60. The fraction of sp³-hybridized carbons (Fsp3) is 0.379. The third kappa shape index (κ3) is 6.26. The third-order valence-corrected chi connectivity index (χ3v) is 7.87. The summed E-state index contributed by atoms with van der Waals surface area (Å²) in [6.07, 6.45) is -10.3. The molecule has 3 aromatic rings. The molecule has 2 aliphatic heterocycles. The lowest BCUT2D eigenvalue weighted by atomic mass is 9.89. The van der Waals surface area contributed by atoms with Crippen molar-refractivity contribution in [3.63, 3.8) is 0 Å². The Morgan fingerprint density at radius 1 is 0.953 bits per heavy atom. The van der Waals surface area contributed by atoms with E-state index in [1.54, 1.807) is 6.07 Å². The second-order valence-electron chi connectivity index (χ2n) is 10.7. The quantitative estimate of drug-likeness (QED) is 0.382. The summed E-state index contributed by atoms with van der Waals surface area (Å²) >= 11 is 0. The normalized spacial score (nSPS) is 20.2. The minimum Gasteiger partial charge on any atom is -0.371 e. The Balaban J connectivity index is 1.53. The number of hydroxylamine groups is 1. The molecule has 5 rings (SSSR count). The van der Waals surface area contributed by atoms with Crippen molar-refractivity contribution < 1.29 is 36.0 Å². The van der Waals surface area contributed by atoms with Crippen LogP contribution >= 0.6 is 0 Å². The monoisotopic (exact) mass is 608 g/mol. The summed E-state index contributed by atoms with van der Waals surface area (Å²) in [6, 6.07) is 16.4. The van der Waals surface area contributed by atoms with Crippen molar-refractivity contribution in [2.75, 3.05) is 30.1 Å². The second kappa shape index (κ2) is 11.7. The molecule has 0 bridgehead atoms. The van der Waals surface area contributed by atoms with Crippen LogP contribution in [-0.2, 0) is 22.2 Å². The molecule has 0 amide bonds. The highest BCUT2D eigenvalue weighted by molar-refractivity contribution is 5.82. The minimum absolute atomic E-state index is 0.107. The molecule has 2 atom stereocenters. The summed E-state index contributed by atoms with van der Waals surface area (Å²) < 4.78 is 82.4. The summed E-state index contributed by atoms with van der Waals surface area (Å²) in [7, 11) is 1.39. The number of hydrogen-bond acceptors (Lipinski definition) is 8. The van der Waals surface area contributed by atoms with Gasteiger partial charge in [-0.3, -0.25) is 10.6 Å². The number of carbonyl (C=O) groups is 1. The highest BCUT2D eigenvalue weighted by Gasteiger charge is 2.46. The SMILES string of the molecule is CN1C(N)c2ccc(-c3c(N4CCC(Cc5ccccc5)CC4)cccc3C(F)(F)F)nc2N(OC(=O)C(F)(F)F)C1N. The van der Waals surface area contributed by atoms with Crippen molar-refractivity contribution in [1.29, 1.82) is 0 Å². The van der Waals surface area contributed by atoms with Gasteiger partial charge in [0, 0.05) is 29.9 Å². The molecule has 2 unspecified atom stereocenters. The van der Waals surface area contributed by atoms with E-state index in [9.17, 15) is 31.1 Å². The minimum atomic E-state index is -5.36. The van der Waals surface area contributed by atoms with Gasteiger partial charge in [-0.1, -0.05) is 42.5 Å². The molecule has 0 radical (unpaired) electrons. The van der Waals surface area contributed by atoms with Crippen molar-refractivity contribution in [1.82, 2.24) is 9.88 Å². The first-order valence-electron chi connectivity index (χ1n) is 13.6. The maximum Gasteiger partial charge on any atom is 0.493 e. The van der Waals surface area contributed by atoms with E-state index in [-0.39, 0.29) is 22.5 Å². The molecule has 0 aliphatic carbocycles. The zero-order valence-electron chi connectivity index (χ0n) is 23.1. The topological polar surface area (TPSA) is 101 Å². The predicted molar refractivity (Wildman–Crippen MR) is 147 cm³/mol. The zero-order chi connectivity index (χ0) is 31.1. The summed E-state index contributed by atoms with van der Waals surface area (Å²) in [5.74, 6) is -2.61. The number of benzene rings is 2. The van der Waals surface area contributed by atoms with Gasteiger partial charge in [-0.25, -0.2) is 9.78 Å². The highest BCUT2D eigenvalue weighted by atomic mass is 19.4. The van der Waals surface area contributed by atoms with Gasteiger partial charge < -0.3 is 15.5 Å².